The van der Waals surface area contributed by atoms with Gasteiger partial charge in [0.05, 0.1) is 16.4 Å². The SMILES string of the molecule is Cc1[nH]c(-c2ccc[nH]2)nc1-c1cc(Cl)ccc1Cl. The molecule has 0 aliphatic rings. The van der Waals surface area contributed by atoms with Crippen LogP contribution < -0.4 is 0 Å². The summed E-state index contributed by atoms with van der Waals surface area (Å²) in [7, 11) is 0. The summed E-state index contributed by atoms with van der Waals surface area (Å²) in [4.78, 5) is 11.0. The Morgan fingerprint density at radius 2 is 2.00 bits per heavy atom. The zero-order chi connectivity index (χ0) is 13.4. The second kappa shape index (κ2) is 4.76. The monoisotopic (exact) mass is 291 g/mol. The van der Waals surface area contributed by atoms with Gasteiger partial charge in [0, 0.05) is 22.5 Å². The van der Waals surface area contributed by atoms with Crippen LogP contribution in [0.3, 0.4) is 0 Å². The van der Waals surface area contributed by atoms with Crippen LogP contribution in [0.4, 0.5) is 0 Å². The van der Waals surface area contributed by atoms with Crippen LogP contribution in [-0.4, -0.2) is 15.0 Å². The van der Waals surface area contributed by atoms with E-state index >= 15 is 0 Å². The maximum atomic E-state index is 6.22. The summed E-state index contributed by atoms with van der Waals surface area (Å²) in [6.45, 7) is 1.96. The van der Waals surface area contributed by atoms with Gasteiger partial charge in [-0.1, -0.05) is 23.2 Å². The van der Waals surface area contributed by atoms with E-state index in [4.69, 9.17) is 23.2 Å². The van der Waals surface area contributed by atoms with E-state index in [1.165, 1.54) is 0 Å². The molecule has 19 heavy (non-hydrogen) atoms. The Balaban J connectivity index is 2.13. The van der Waals surface area contributed by atoms with Crippen molar-refractivity contribution in [2.75, 3.05) is 0 Å². The van der Waals surface area contributed by atoms with Crippen LogP contribution in [0.5, 0.6) is 0 Å². The van der Waals surface area contributed by atoms with E-state index < -0.39 is 0 Å². The van der Waals surface area contributed by atoms with E-state index in [9.17, 15) is 0 Å². The third kappa shape index (κ3) is 2.27. The summed E-state index contributed by atoms with van der Waals surface area (Å²) in [5.41, 5.74) is 3.54. The molecule has 3 rings (SSSR count). The lowest BCUT2D eigenvalue weighted by Crippen LogP contribution is -1.83. The van der Waals surface area contributed by atoms with E-state index in [0.717, 1.165) is 28.5 Å². The molecule has 0 aliphatic heterocycles. The number of nitrogens with one attached hydrogen (secondary N) is 2. The highest BCUT2D eigenvalue weighted by atomic mass is 35.5. The first-order valence-electron chi connectivity index (χ1n) is 5.81. The topological polar surface area (TPSA) is 44.5 Å². The van der Waals surface area contributed by atoms with E-state index in [-0.39, 0.29) is 0 Å². The normalized spacial score (nSPS) is 10.9. The number of aromatic amines is 2. The molecule has 0 radical (unpaired) electrons. The smallest absolute Gasteiger partial charge is 0.154 e. The van der Waals surface area contributed by atoms with Gasteiger partial charge in [-0.25, -0.2) is 4.98 Å². The second-order valence-electron chi connectivity index (χ2n) is 4.27. The first-order chi connectivity index (χ1) is 9.15. The van der Waals surface area contributed by atoms with Gasteiger partial charge in [-0.2, -0.15) is 0 Å². The molecule has 0 saturated carbocycles. The molecule has 0 amide bonds. The van der Waals surface area contributed by atoms with Crippen molar-refractivity contribution in [3.05, 3.63) is 52.3 Å². The molecule has 2 aromatic heterocycles. The van der Waals surface area contributed by atoms with Gasteiger partial charge in [0.15, 0.2) is 5.82 Å². The van der Waals surface area contributed by atoms with Gasteiger partial charge in [0.1, 0.15) is 0 Å². The molecule has 0 aliphatic carbocycles. The molecule has 3 nitrogen and oxygen atoms in total. The van der Waals surface area contributed by atoms with Crippen LogP contribution in [0.25, 0.3) is 22.8 Å². The molecule has 0 unspecified atom stereocenters. The Hall–Kier alpha value is -1.71. The summed E-state index contributed by atoms with van der Waals surface area (Å²) < 4.78 is 0. The third-order valence-electron chi connectivity index (χ3n) is 2.92. The molecule has 3 aromatic rings. The highest BCUT2D eigenvalue weighted by Gasteiger charge is 2.13. The summed E-state index contributed by atoms with van der Waals surface area (Å²) in [5.74, 6) is 0.786. The minimum absolute atomic E-state index is 0.636. The molecule has 2 N–H and O–H groups in total. The number of aromatic nitrogens is 3. The molecule has 2 heterocycles. The van der Waals surface area contributed by atoms with Crippen molar-refractivity contribution in [2.24, 2.45) is 0 Å². The Bertz CT molecular complexity index is 714. The van der Waals surface area contributed by atoms with Gasteiger partial charge < -0.3 is 9.97 Å². The van der Waals surface area contributed by atoms with Gasteiger partial charge in [-0.15, -0.1) is 0 Å². The fraction of sp³-hybridized carbons (Fsp3) is 0.0714. The van der Waals surface area contributed by atoms with Crippen LogP contribution in [0.15, 0.2) is 36.5 Å². The molecule has 0 atom stereocenters. The molecule has 0 saturated heterocycles. The largest absolute Gasteiger partial charge is 0.359 e. The minimum Gasteiger partial charge on any atom is -0.359 e. The Kier molecular flexibility index (Phi) is 3.09. The predicted octanol–water partition coefficient (Wildman–Crippen LogP) is 4.69. The van der Waals surface area contributed by atoms with E-state index in [0.29, 0.717) is 10.0 Å². The summed E-state index contributed by atoms with van der Waals surface area (Å²) in [6.07, 6.45) is 1.86. The fourth-order valence-electron chi connectivity index (χ4n) is 2.01. The second-order valence-corrected chi connectivity index (χ2v) is 5.11. The average Bonchev–Trinajstić information content (AvgIpc) is 3.01. The molecule has 0 bridgehead atoms. The molecular weight excluding hydrogens is 281 g/mol. The highest BCUT2D eigenvalue weighted by molar-refractivity contribution is 6.35. The van der Waals surface area contributed by atoms with Crippen LogP contribution in [0.2, 0.25) is 10.0 Å². The van der Waals surface area contributed by atoms with Gasteiger partial charge in [0.2, 0.25) is 0 Å². The van der Waals surface area contributed by atoms with E-state index in [1.54, 1.807) is 12.1 Å². The van der Waals surface area contributed by atoms with Crippen molar-refractivity contribution in [3.63, 3.8) is 0 Å². The number of hydrogen-bond acceptors (Lipinski definition) is 1. The maximum Gasteiger partial charge on any atom is 0.154 e. The number of imidazole rings is 1. The van der Waals surface area contributed by atoms with Crippen LogP contribution in [0.1, 0.15) is 5.69 Å². The number of hydrogen-bond donors (Lipinski definition) is 2. The lowest BCUT2D eigenvalue weighted by atomic mass is 10.1. The summed E-state index contributed by atoms with van der Waals surface area (Å²) in [6, 6.07) is 9.26. The Labute approximate surface area is 120 Å². The zero-order valence-corrected chi connectivity index (χ0v) is 11.7. The Morgan fingerprint density at radius 3 is 2.74 bits per heavy atom. The van der Waals surface area contributed by atoms with E-state index in [1.807, 2.05) is 31.3 Å². The molecule has 5 heteroatoms. The van der Waals surface area contributed by atoms with Crippen molar-refractivity contribution in [3.8, 4) is 22.8 Å². The summed E-state index contributed by atoms with van der Waals surface area (Å²) in [5, 5.41) is 1.28. The average molecular weight is 292 g/mol. The van der Waals surface area contributed by atoms with Gasteiger partial charge in [-0.05, 0) is 37.3 Å². The van der Waals surface area contributed by atoms with E-state index in [2.05, 4.69) is 15.0 Å². The van der Waals surface area contributed by atoms with Crippen molar-refractivity contribution in [1.29, 1.82) is 0 Å². The Morgan fingerprint density at radius 1 is 1.16 bits per heavy atom. The van der Waals surface area contributed by atoms with Gasteiger partial charge in [-0.3, -0.25) is 0 Å². The third-order valence-corrected chi connectivity index (χ3v) is 3.49. The molecular formula is C14H11Cl2N3. The molecule has 0 fully saturated rings. The number of halogens is 2. The lowest BCUT2D eigenvalue weighted by molar-refractivity contribution is 1.22. The number of H-pyrrole nitrogens is 2. The zero-order valence-electron chi connectivity index (χ0n) is 10.2. The van der Waals surface area contributed by atoms with Gasteiger partial charge >= 0.3 is 0 Å². The van der Waals surface area contributed by atoms with Crippen LogP contribution in [0, 0.1) is 6.92 Å². The fourth-order valence-corrected chi connectivity index (χ4v) is 2.39. The molecule has 96 valence electrons. The number of benzene rings is 1. The quantitative estimate of drug-likeness (QED) is 0.707. The first kappa shape index (κ1) is 12.3. The van der Waals surface area contributed by atoms with Crippen molar-refractivity contribution in [2.45, 2.75) is 6.92 Å². The molecule has 0 spiro atoms. The first-order valence-corrected chi connectivity index (χ1v) is 6.56. The van der Waals surface area contributed by atoms with Crippen molar-refractivity contribution >= 4 is 23.2 Å². The minimum atomic E-state index is 0.636. The predicted molar refractivity (Wildman–Crippen MR) is 78.6 cm³/mol. The highest BCUT2D eigenvalue weighted by Crippen LogP contribution is 2.32. The summed E-state index contributed by atoms with van der Waals surface area (Å²) >= 11 is 12.2. The number of nitrogens with zero attached hydrogens (tertiary/aromatic N) is 1. The standard InChI is InChI=1S/C14H11Cl2N3/c1-8-13(10-7-9(15)4-5-11(10)16)19-14(18-8)12-3-2-6-17-12/h2-7,17H,1H3,(H,18,19). The number of aryl methyl sites for hydroxylation is 1. The van der Waals surface area contributed by atoms with Crippen molar-refractivity contribution < 1.29 is 0 Å². The number of rotatable bonds is 2. The van der Waals surface area contributed by atoms with Gasteiger partial charge in [0.25, 0.3) is 0 Å². The van der Waals surface area contributed by atoms with Crippen molar-refractivity contribution in [1.82, 2.24) is 15.0 Å². The van der Waals surface area contributed by atoms with Crippen LogP contribution >= 0.6 is 23.2 Å². The molecule has 1 aromatic carbocycles. The lowest BCUT2D eigenvalue weighted by Gasteiger charge is -2.02. The van der Waals surface area contributed by atoms with Crippen LogP contribution in [-0.2, 0) is 0 Å². The maximum absolute atomic E-state index is 6.22.